The average Bonchev–Trinajstić information content (AvgIpc) is 3.11. The van der Waals surface area contributed by atoms with Crippen LogP contribution in [0.2, 0.25) is 5.02 Å². The number of hydrogen-bond acceptors (Lipinski definition) is 7. The lowest BCUT2D eigenvalue weighted by Crippen LogP contribution is -2.38. The van der Waals surface area contributed by atoms with E-state index in [2.05, 4.69) is 10.2 Å². The average molecular weight is 352 g/mol. The van der Waals surface area contributed by atoms with E-state index in [9.17, 15) is 9.59 Å². The minimum absolute atomic E-state index is 0.0483. The third-order valence-electron chi connectivity index (χ3n) is 3.66. The van der Waals surface area contributed by atoms with E-state index in [-0.39, 0.29) is 24.6 Å². The molecule has 0 atom stereocenters. The number of nitrogens with zero attached hydrogens (tertiary/aromatic N) is 2. The van der Waals surface area contributed by atoms with E-state index in [0.29, 0.717) is 21.6 Å². The van der Waals surface area contributed by atoms with E-state index < -0.39 is 11.9 Å². The Bertz CT molecular complexity index is 845. The van der Waals surface area contributed by atoms with Crippen molar-refractivity contribution in [1.82, 2.24) is 10.2 Å². The second-order valence-electron chi connectivity index (χ2n) is 4.94. The molecule has 1 aliphatic rings. The minimum Gasteiger partial charge on any atom is -0.466 e. The molecule has 1 aliphatic heterocycles. The Kier molecular flexibility index (Phi) is 4.41. The first-order valence-corrected chi connectivity index (χ1v) is 7.33. The monoisotopic (exact) mass is 351 g/mol. The topological polar surface area (TPSA) is 93.8 Å². The number of carbonyl (C=O) groups excluding carboxylic acids is 2. The van der Waals surface area contributed by atoms with E-state index in [1.807, 2.05) is 0 Å². The predicted molar refractivity (Wildman–Crippen MR) is 85.5 cm³/mol. The minimum atomic E-state index is -0.665. The van der Waals surface area contributed by atoms with Gasteiger partial charge in [-0.1, -0.05) is 11.6 Å². The molecule has 0 amide bonds. The molecule has 3 rings (SSSR count). The summed E-state index contributed by atoms with van der Waals surface area (Å²) in [6.07, 6.45) is 1.58. The Hall–Kier alpha value is -2.58. The zero-order valence-corrected chi connectivity index (χ0v) is 13.7. The van der Waals surface area contributed by atoms with Gasteiger partial charge in [0.05, 0.1) is 48.8 Å². The molecule has 1 aromatic heterocycles. The molecule has 2 heterocycles. The van der Waals surface area contributed by atoms with Crippen molar-refractivity contribution in [3.63, 3.8) is 0 Å². The van der Waals surface area contributed by atoms with Gasteiger partial charge < -0.3 is 19.1 Å². The lowest BCUT2D eigenvalue weighted by atomic mass is 10.1. The fourth-order valence-corrected chi connectivity index (χ4v) is 2.75. The number of ether oxygens (including phenoxy) is 3. The van der Waals surface area contributed by atoms with Crippen LogP contribution in [0.4, 0.5) is 5.69 Å². The van der Waals surface area contributed by atoms with E-state index in [0.717, 1.165) is 0 Å². The number of hydrogen-bond donors (Lipinski definition) is 1. The molecule has 0 unspecified atom stereocenters. The maximum Gasteiger partial charge on any atom is 0.355 e. The number of anilines is 1. The summed E-state index contributed by atoms with van der Waals surface area (Å²) in [5.41, 5.74) is 1.33. The molecule has 0 saturated heterocycles. The highest BCUT2D eigenvalue weighted by molar-refractivity contribution is 6.35. The number of methoxy groups -OCH3 is 2. The van der Waals surface area contributed by atoms with Crippen LogP contribution in [0.3, 0.4) is 0 Å². The summed E-state index contributed by atoms with van der Waals surface area (Å²) in [7, 11) is 2.48. The third kappa shape index (κ3) is 2.59. The van der Waals surface area contributed by atoms with Crippen molar-refractivity contribution in [2.24, 2.45) is 0 Å². The van der Waals surface area contributed by atoms with Gasteiger partial charge in [-0.25, -0.2) is 9.59 Å². The van der Waals surface area contributed by atoms with Crippen LogP contribution in [0.5, 0.6) is 0 Å². The van der Waals surface area contributed by atoms with Crippen LogP contribution in [-0.4, -0.2) is 49.7 Å². The molecule has 0 spiro atoms. The van der Waals surface area contributed by atoms with Gasteiger partial charge in [-0.15, -0.1) is 0 Å². The Balaban J connectivity index is 2.20. The van der Waals surface area contributed by atoms with Crippen LogP contribution in [0.1, 0.15) is 0 Å². The van der Waals surface area contributed by atoms with E-state index in [1.54, 1.807) is 18.3 Å². The van der Waals surface area contributed by atoms with Crippen molar-refractivity contribution >= 4 is 40.1 Å². The second-order valence-corrected chi connectivity index (χ2v) is 5.35. The van der Waals surface area contributed by atoms with Crippen molar-refractivity contribution in [2.45, 2.75) is 0 Å². The number of halogens is 1. The van der Waals surface area contributed by atoms with Crippen LogP contribution < -0.4 is 4.90 Å². The smallest absolute Gasteiger partial charge is 0.355 e. The number of aromatic amines is 1. The summed E-state index contributed by atoms with van der Waals surface area (Å²) in [5, 5.41) is 8.01. The molecule has 0 fully saturated rings. The van der Waals surface area contributed by atoms with Crippen molar-refractivity contribution in [2.75, 3.05) is 32.5 Å². The lowest BCUT2D eigenvalue weighted by molar-refractivity contribution is -0.140. The molecule has 0 aliphatic carbocycles. The standard InChI is InChI=1S/C15H14ClN3O5/c1-22-14(20)9-6-24-7-19(13(9)15(21)23-2)11-4-3-10(16)8-5-17-18-12(8)11/h3-5H,6-7H2,1-2H3,(H,17,18). The summed E-state index contributed by atoms with van der Waals surface area (Å²) in [4.78, 5) is 25.8. The normalized spacial score (nSPS) is 14.9. The molecule has 0 bridgehead atoms. The van der Waals surface area contributed by atoms with E-state index >= 15 is 0 Å². The molecule has 2 aromatic rings. The van der Waals surface area contributed by atoms with Crippen molar-refractivity contribution in [3.8, 4) is 0 Å². The number of benzene rings is 1. The van der Waals surface area contributed by atoms with E-state index in [4.69, 9.17) is 25.8 Å². The molecule has 8 nitrogen and oxygen atoms in total. The highest BCUT2D eigenvalue weighted by Gasteiger charge is 2.33. The van der Waals surface area contributed by atoms with Crippen molar-refractivity contribution in [1.29, 1.82) is 0 Å². The van der Waals surface area contributed by atoms with Gasteiger partial charge >= 0.3 is 11.9 Å². The molecule has 1 N–H and O–H groups in total. The number of rotatable bonds is 3. The third-order valence-corrected chi connectivity index (χ3v) is 3.99. The molecular formula is C15H14ClN3O5. The number of aromatic nitrogens is 2. The molecule has 0 radical (unpaired) electrons. The Morgan fingerprint density at radius 1 is 1.29 bits per heavy atom. The maximum absolute atomic E-state index is 12.3. The largest absolute Gasteiger partial charge is 0.466 e. The van der Waals surface area contributed by atoms with Gasteiger partial charge in [0, 0.05) is 5.39 Å². The molecule has 24 heavy (non-hydrogen) atoms. The van der Waals surface area contributed by atoms with E-state index in [1.165, 1.54) is 19.1 Å². The number of fused-ring (bicyclic) bond motifs is 1. The van der Waals surface area contributed by atoms with Crippen LogP contribution >= 0.6 is 11.6 Å². The number of esters is 2. The Labute approximate surface area is 141 Å². The van der Waals surface area contributed by atoms with Crippen LogP contribution in [-0.2, 0) is 23.8 Å². The molecule has 0 saturated carbocycles. The molecule has 126 valence electrons. The van der Waals surface area contributed by atoms with Gasteiger partial charge in [-0.05, 0) is 12.1 Å². The zero-order valence-electron chi connectivity index (χ0n) is 13.0. The summed E-state index contributed by atoms with van der Waals surface area (Å²) < 4.78 is 15.0. The number of H-pyrrole nitrogens is 1. The Morgan fingerprint density at radius 2 is 2.04 bits per heavy atom. The van der Waals surface area contributed by atoms with Crippen LogP contribution in [0.15, 0.2) is 29.6 Å². The predicted octanol–water partition coefficient (Wildman–Crippen LogP) is 1.61. The van der Waals surface area contributed by atoms with Crippen molar-refractivity contribution < 1.29 is 23.8 Å². The summed E-state index contributed by atoms with van der Waals surface area (Å²) >= 11 is 6.15. The number of nitrogens with one attached hydrogen (secondary N) is 1. The first-order chi connectivity index (χ1) is 11.6. The molecular weight excluding hydrogens is 338 g/mol. The molecule has 1 aromatic carbocycles. The van der Waals surface area contributed by atoms with Crippen LogP contribution in [0.25, 0.3) is 10.9 Å². The maximum atomic E-state index is 12.3. The quantitative estimate of drug-likeness (QED) is 0.839. The van der Waals surface area contributed by atoms with Gasteiger partial charge in [-0.3, -0.25) is 5.10 Å². The first kappa shape index (κ1) is 16.3. The van der Waals surface area contributed by atoms with Gasteiger partial charge in [0.2, 0.25) is 0 Å². The molecule has 9 heteroatoms. The van der Waals surface area contributed by atoms with Crippen molar-refractivity contribution in [3.05, 3.63) is 34.6 Å². The van der Waals surface area contributed by atoms with Gasteiger partial charge in [-0.2, -0.15) is 5.10 Å². The summed E-state index contributed by atoms with van der Waals surface area (Å²) in [6.45, 7) is 0.00793. The SMILES string of the molecule is COC(=O)C1=C(C(=O)OC)N(c2ccc(Cl)c3cn[nH]c23)COC1. The van der Waals surface area contributed by atoms with Gasteiger partial charge in [0.25, 0.3) is 0 Å². The highest BCUT2D eigenvalue weighted by atomic mass is 35.5. The fourth-order valence-electron chi connectivity index (χ4n) is 2.55. The lowest BCUT2D eigenvalue weighted by Gasteiger charge is -2.31. The van der Waals surface area contributed by atoms with Gasteiger partial charge in [0.15, 0.2) is 0 Å². The Morgan fingerprint density at radius 3 is 2.75 bits per heavy atom. The van der Waals surface area contributed by atoms with Crippen LogP contribution in [0, 0.1) is 0 Å². The van der Waals surface area contributed by atoms with Gasteiger partial charge in [0.1, 0.15) is 12.4 Å². The second kappa shape index (κ2) is 6.50. The first-order valence-electron chi connectivity index (χ1n) is 6.95. The fraction of sp³-hybridized carbons (Fsp3) is 0.267. The summed E-state index contributed by atoms with van der Waals surface area (Å²) in [6, 6.07) is 3.38. The summed E-state index contributed by atoms with van der Waals surface area (Å²) in [5.74, 6) is -1.32. The zero-order chi connectivity index (χ0) is 17.3. The highest BCUT2D eigenvalue weighted by Crippen LogP contribution is 2.34. The number of carbonyl (C=O) groups is 2.